The summed E-state index contributed by atoms with van der Waals surface area (Å²) < 4.78 is 6.13. The van der Waals surface area contributed by atoms with E-state index in [2.05, 4.69) is 62.2 Å². The number of hydrogen-bond acceptors (Lipinski definition) is 3. The molecule has 2 aliphatic rings. The van der Waals surface area contributed by atoms with Gasteiger partial charge in [-0.15, -0.1) is 0 Å². The third-order valence-corrected chi connectivity index (χ3v) is 6.43. The SMILES string of the molecule is Cc1ccc2c(c1)[C@@H](NC(=O)c1ccc(CN3CCC(C)CC3)cc1)CC(C)(C)O2. The first-order chi connectivity index (χ1) is 14.3. The summed E-state index contributed by atoms with van der Waals surface area (Å²) in [7, 11) is 0. The molecule has 1 amide bonds. The number of carbonyl (C=O) groups is 1. The number of nitrogens with zero attached hydrogens (tertiary/aromatic N) is 1. The highest BCUT2D eigenvalue weighted by Crippen LogP contribution is 2.40. The zero-order chi connectivity index (χ0) is 21.3. The molecule has 160 valence electrons. The van der Waals surface area contributed by atoms with Crippen molar-refractivity contribution in [2.24, 2.45) is 5.92 Å². The highest BCUT2D eigenvalue weighted by molar-refractivity contribution is 5.94. The molecule has 0 bridgehead atoms. The number of likely N-dealkylation sites (tertiary alicyclic amines) is 1. The molecule has 1 atom stereocenters. The number of carbonyl (C=O) groups excluding carboxylic acids is 1. The maximum atomic E-state index is 13.0. The van der Waals surface area contributed by atoms with Crippen molar-refractivity contribution in [3.8, 4) is 5.75 Å². The number of rotatable bonds is 4. The van der Waals surface area contributed by atoms with Crippen LogP contribution in [0.4, 0.5) is 0 Å². The number of benzene rings is 2. The van der Waals surface area contributed by atoms with Crippen LogP contribution in [0.1, 0.15) is 73.1 Å². The van der Waals surface area contributed by atoms with E-state index in [1.54, 1.807) is 0 Å². The van der Waals surface area contributed by atoms with Gasteiger partial charge in [0.25, 0.3) is 5.91 Å². The summed E-state index contributed by atoms with van der Waals surface area (Å²) in [5.74, 6) is 1.69. The summed E-state index contributed by atoms with van der Waals surface area (Å²) in [6, 6.07) is 14.3. The average molecular weight is 407 g/mol. The van der Waals surface area contributed by atoms with Crippen molar-refractivity contribution in [2.45, 2.75) is 65.1 Å². The molecule has 0 saturated carbocycles. The molecule has 30 heavy (non-hydrogen) atoms. The van der Waals surface area contributed by atoms with E-state index in [1.165, 1.54) is 37.1 Å². The van der Waals surface area contributed by atoms with Gasteiger partial charge in [-0.1, -0.05) is 36.8 Å². The van der Waals surface area contributed by atoms with Crippen LogP contribution in [0, 0.1) is 12.8 Å². The molecule has 2 aromatic rings. The fraction of sp³-hybridized carbons (Fsp3) is 0.500. The topological polar surface area (TPSA) is 41.6 Å². The monoisotopic (exact) mass is 406 g/mol. The van der Waals surface area contributed by atoms with Crippen LogP contribution in [-0.2, 0) is 6.54 Å². The van der Waals surface area contributed by atoms with E-state index in [-0.39, 0.29) is 17.6 Å². The maximum absolute atomic E-state index is 13.0. The fourth-order valence-corrected chi connectivity index (χ4v) is 4.58. The molecular weight excluding hydrogens is 372 g/mol. The Bertz CT molecular complexity index is 896. The summed E-state index contributed by atoms with van der Waals surface area (Å²) in [5, 5.41) is 3.25. The Morgan fingerprint density at radius 2 is 1.83 bits per heavy atom. The molecule has 2 heterocycles. The fourth-order valence-electron chi connectivity index (χ4n) is 4.58. The van der Waals surface area contributed by atoms with E-state index in [0.717, 1.165) is 30.2 Å². The minimum atomic E-state index is -0.310. The predicted octanol–water partition coefficient (Wildman–Crippen LogP) is 5.26. The summed E-state index contributed by atoms with van der Waals surface area (Å²) in [6.07, 6.45) is 3.31. The van der Waals surface area contributed by atoms with Crippen molar-refractivity contribution in [2.75, 3.05) is 13.1 Å². The molecule has 1 saturated heterocycles. The van der Waals surface area contributed by atoms with E-state index in [1.807, 2.05) is 18.2 Å². The number of aryl methyl sites for hydroxylation is 1. The largest absolute Gasteiger partial charge is 0.487 e. The lowest BCUT2D eigenvalue weighted by atomic mass is 9.88. The molecule has 0 unspecified atom stereocenters. The van der Waals surface area contributed by atoms with Gasteiger partial charge in [0.1, 0.15) is 11.4 Å². The quantitative estimate of drug-likeness (QED) is 0.753. The molecule has 4 heteroatoms. The van der Waals surface area contributed by atoms with Gasteiger partial charge in [-0.2, -0.15) is 0 Å². The summed E-state index contributed by atoms with van der Waals surface area (Å²) >= 11 is 0. The molecule has 0 spiro atoms. The van der Waals surface area contributed by atoms with Crippen LogP contribution in [0.25, 0.3) is 0 Å². The second-order valence-electron chi connectivity index (χ2n) is 9.79. The van der Waals surface area contributed by atoms with Crippen LogP contribution < -0.4 is 10.1 Å². The Morgan fingerprint density at radius 3 is 2.53 bits per heavy atom. The number of ether oxygens (including phenoxy) is 1. The Labute approximate surface area is 180 Å². The predicted molar refractivity (Wildman–Crippen MR) is 121 cm³/mol. The lowest BCUT2D eigenvalue weighted by Gasteiger charge is -2.38. The number of amides is 1. The van der Waals surface area contributed by atoms with Crippen molar-refractivity contribution >= 4 is 5.91 Å². The molecule has 0 radical (unpaired) electrons. The number of piperidine rings is 1. The lowest BCUT2D eigenvalue weighted by Crippen LogP contribution is -2.41. The van der Waals surface area contributed by atoms with Crippen molar-refractivity contribution < 1.29 is 9.53 Å². The smallest absolute Gasteiger partial charge is 0.251 e. The number of hydrogen-bond donors (Lipinski definition) is 1. The molecule has 2 aliphatic heterocycles. The van der Waals surface area contributed by atoms with E-state index >= 15 is 0 Å². The van der Waals surface area contributed by atoms with Crippen molar-refractivity contribution in [1.29, 1.82) is 0 Å². The van der Waals surface area contributed by atoms with Gasteiger partial charge in [0, 0.05) is 24.1 Å². The molecule has 2 aromatic carbocycles. The van der Waals surface area contributed by atoms with Crippen LogP contribution in [0.3, 0.4) is 0 Å². The summed E-state index contributed by atoms with van der Waals surface area (Å²) in [5.41, 5.74) is 3.92. The van der Waals surface area contributed by atoms with Gasteiger partial charge < -0.3 is 10.1 Å². The molecular formula is C26H34N2O2. The highest BCUT2D eigenvalue weighted by Gasteiger charge is 2.34. The zero-order valence-electron chi connectivity index (χ0n) is 18.7. The van der Waals surface area contributed by atoms with Crippen LogP contribution in [-0.4, -0.2) is 29.5 Å². The minimum Gasteiger partial charge on any atom is -0.487 e. The molecule has 4 nitrogen and oxygen atoms in total. The molecule has 0 aromatic heterocycles. The summed E-state index contributed by atoms with van der Waals surface area (Å²) in [6.45, 7) is 11.9. The normalized spacial score (nSPS) is 21.5. The first kappa shape index (κ1) is 20.9. The van der Waals surface area contributed by atoms with Gasteiger partial charge in [0.05, 0.1) is 6.04 Å². The molecule has 1 fully saturated rings. The zero-order valence-corrected chi connectivity index (χ0v) is 18.7. The Balaban J connectivity index is 1.43. The summed E-state index contributed by atoms with van der Waals surface area (Å²) in [4.78, 5) is 15.5. The minimum absolute atomic E-state index is 0.0245. The van der Waals surface area contributed by atoms with Gasteiger partial charge >= 0.3 is 0 Å². The highest BCUT2D eigenvalue weighted by atomic mass is 16.5. The third kappa shape index (κ3) is 4.86. The Morgan fingerprint density at radius 1 is 1.13 bits per heavy atom. The first-order valence-corrected chi connectivity index (χ1v) is 11.2. The van der Waals surface area contributed by atoms with Crippen LogP contribution in [0.2, 0.25) is 0 Å². The van der Waals surface area contributed by atoms with Gasteiger partial charge in [-0.05, 0) is 76.4 Å². The van der Waals surface area contributed by atoms with Gasteiger partial charge in [0.15, 0.2) is 0 Å². The first-order valence-electron chi connectivity index (χ1n) is 11.2. The Kier molecular flexibility index (Phi) is 5.88. The van der Waals surface area contributed by atoms with Gasteiger partial charge in [0.2, 0.25) is 0 Å². The van der Waals surface area contributed by atoms with Crippen LogP contribution >= 0.6 is 0 Å². The molecule has 0 aliphatic carbocycles. The van der Waals surface area contributed by atoms with Crippen molar-refractivity contribution in [1.82, 2.24) is 10.2 Å². The lowest BCUT2D eigenvalue weighted by molar-refractivity contribution is 0.0619. The van der Waals surface area contributed by atoms with Crippen molar-refractivity contribution in [3.05, 3.63) is 64.7 Å². The van der Waals surface area contributed by atoms with E-state index < -0.39 is 0 Å². The Hall–Kier alpha value is -2.33. The maximum Gasteiger partial charge on any atom is 0.251 e. The second kappa shape index (κ2) is 8.43. The van der Waals surface area contributed by atoms with Gasteiger partial charge in [-0.3, -0.25) is 9.69 Å². The van der Waals surface area contributed by atoms with Gasteiger partial charge in [-0.25, -0.2) is 0 Å². The second-order valence-corrected chi connectivity index (χ2v) is 9.79. The standard InChI is InChI=1S/C26H34N2O2/c1-18-11-13-28(14-12-18)17-20-6-8-21(9-7-20)25(29)27-23-16-26(3,4)30-24-10-5-19(2)15-22(23)24/h5-10,15,18,23H,11-14,16-17H2,1-4H3,(H,27,29)/t23-/m0/s1. The van der Waals surface area contributed by atoms with Crippen LogP contribution in [0.15, 0.2) is 42.5 Å². The number of nitrogens with one attached hydrogen (secondary N) is 1. The van der Waals surface area contributed by atoms with E-state index in [4.69, 9.17) is 4.74 Å². The van der Waals surface area contributed by atoms with E-state index in [9.17, 15) is 4.79 Å². The third-order valence-electron chi connectivity index (χ3n) is 6.43. The van der Waals surface area contributed by atoms with E-state index in [0.29, 0.717) is 5.56 Å². The van der Waals surface area contributed by atoms with Crippen LogP contribution in [0.5, 0.6) is 5.75 Å². The van der Waals surface area contributed by atoms with Crippen molar-refractivity contribution in [3.63, 3.8) is 0 Å². The average Bonchev–Trinajstić information content (AvgIpc) is 2.70. The molecule has 1 N–H and O–H groups in total. The number of fused-ring (bicyclic) bond motifs is 1. The molecule has 4 rings (SSSR count).